The fraction of sp³-hybridized carbons (Fsp3) is 0.241. The predicted molar refractivity (Wildman–Crippen MR) is 142 cm³/mol. The summed E-state index contributed by atoms with van der Waals surface area (Å²) in [6, 6.07) is 21.9. The number of carbonyl (C=O) groups excluding carboxylic acids is 2. The quantitative estimate of drug-likeness (QED) is 0.339. The van der Waals surface area contributed by atoms with Crippen molar-refractivity contribution in [3.63, 3.8) is 0 Å². The summed E-state index contributed by atoms with van der Waals surface area (Å²) < 4.78 is 5.36. The minimum atomic E-state index is -0.413. The van der Waals surface area contributed by atoms with Crippen LogP contribution in [0.15, 0.2) is 72.8 Å². The topological polar surface area (TPSA) is 90.9 Å². The maximum atomic E-state index is 13.1. The third-order valence-electron chi connectivity index (χ3n) is 6.54. The monoisotopic (exact) mass is 483 g/mol. The molecule has 0 atom stereocenters. The zero-order chi connectivity index (χ0) is 24.9. The highest BCUT2D eigenvalue weighted by Crippen LogP contribution is 2.28. The molecule has 4 aromatic rings. The van der Waals surface area contributed by atoms with Gasteiger partial charge in [-0.15, -0.1) is 0 Å². The van der Waals surface area contributed by atoms with Crippen molar-refractivity contribution in [2.24, 2.45) is 0 Å². The molecule has 3 N–H and O–H groups in total. The summed E-state index contributed by atoms with van der Waals surface area (Å²) in [5.41, 5.74) is 1.33. The van der Waals surface area contributed by atoms with E-state index in [2.05, 4.69) is 15.5 Å². The molecule has 2 amide bonds. The highest BCUT2D eigenvalue weighted by atomic mass is 16.5. The lowest BCUT2D eigenvalue weighted by Crippen LogP contribution is -2.38. The molecule has 0 bridgehead atoms. The third-order valence-corrected chi connectivity index (χ3v) is 6.54. The number of rotatable bonds is 7. The smallest absolute Gasteiger partial charge is 0.259 e. The van der Waals surface area contributed by atoms with Crippen molar-refractivity contribution in [2.45, 2.75) is 6.42 Å². The summed E-state index contributed by atoms with van der Waals surface area (Å²) >= 11 is 0. The number of nitrogens with one attached hydrogen (secondary N) is 2. The molecule has 7 heteroatoms. The Hall–Kier alpha value is -3.94. The van der Waals surface area contributed by atoms with Gasteiger partial charge in [0.25, 0.3) is 11.8 Å². The lowest BCUT2D eigenvalue weighted by Gasteiger charge is -2.26. The molecule has 1 saturated heterocycles. The van der Waals surface area contributed by atoms with Crippen LogP contribution in [0.3, 0.4) is 0 Å². The molecule has 1 aliphatic rings. The minimum absolute atomic E-state index is 0.111. The second kappa shape index (κ2) is 10.8. The van der Waals surface area contributed by atoms with E-state index in [0.717, 1.165) is 55.4 Å². The number of amides is 2. The number of nitrogens with zero attached hydrogens (tertiary/aromatic N) is 1. The summed E-state index contributed by atoms with van der Waals surface area (Å²) in [5.74, 6) is -0.682. The highest BCUT2D eigenvalue weighted by Gasteiger charge is 2.16. The number of ether oxygens (including phenoxy) is 1. The Bertz CT molecular complexity index is 1410. The molecule has 0 spiro atoms. The van der Waals surface area contributed by atoms with Gasteiger partial charge < -0.3 is 20.5 Å². The Kier molecular flexibility index (Phi) is 7.11. The van der Waals surface area contributed by atoms with E-state index < -0.39 is 5.91 Å². The normalized spacial score (nSPS) is 14.1. The number of phenols is 1. The van der Waals surface area contributed by atoms with Gasteiger partial charge in [-0.2, -0.15) is 0 Å². The van der Waals surface area contributed by atoms with Gasteiger partial charge in [0.1, 0.15) is 5.75 Å². The number of hydrogen-bond acceptors (Lipinski definition) is 5. The molecule has 0 aliphatic carbocycles. The van der Waals surface area contributed by atoms with Crippen LogP contribution in [0.2, 0.25) is 0 Å². The van der Waals surface area contributed by atoms with E-state index in [1.165, 1.54) is 0 Å². The molecule has 1 aliphatic heterocycles. The summed E-state index contributed by atoms with van der Waals surface area (Å²) in [7, 11) is 0. The standard InChI is InChI=1S/C29H29N3O4/c33-27-19-21-9-10-22(28(34)30-11-4-12-32-13-15-36-16-14-32)17-23(21)18-25(27)29(35)31-26-8-3-6-20-5-1-2-7-24(20)26/h1-3,5-10,17-19,33H,4,11-16H2,(H,30,34)(H,31,35). The lowest BCUT2D eigenvalue weighted by atomic mass is 10.0. The second-order valence-electron chi connectivity index (χ2n) is 8.98. The molecule has 0 saturated carbocycles. The first-order valence-electron chi connectivity index (χ1n) is 12.2. The van der Waals surface area contributed by atoms with Crippen LogP contribution in [0.4, 0.5) is 5.69 Å². The van der Waals surface area contributed by atoms with Crippen molar-refractivity contribution in [1.29, 1.82) is 0 Å². The van der Waals surface area contributed by atoms with Crippen LogP contribution >= 0.6 is 0 Å². The molecule has 1 heterocycles. The Morgan fingerprint density at radius 2 is 1.67 bits per heavy atom. The lowest BCUT2D eigenvalue weighted by molar-refractivity contribution is 0.0374. The zero-order valence-electron chi connectivity index (χ0n) is 20.0. The minimum Gasteiger partial charge on any atom is -0.507 e. The van der Waals surface area contributed by atoms with Crippen LogP contribution < -0.4 is 10.6 Å². The van der Waals surface area contributed by atoms with E-state index in [1.54, 1.807) is 30.3 Å². The molecule has 0 aromatic heterocycles. The van der Waals surface area contributed by atoms with Crippen LogP contribution in [0, 0.1) is 0 Å². The summed E-state index contributed by atoms with van der Waals surface area (Å²) in [5, 5.41) is 19.8. The average molecular weight is 484 g/mol. The van der Waals surface area contributed by atoms with Gasteiger partial charge >= 0.3 is 0 Å². The number of benzene rings is 4. The van der Waals surface area contributed by atoms with Gasteiger partial charge in [-0.05, 0) is 59.5 Å². The van der Waals surface area contributed by atoms with Crippen molar-refractivity contribution >= 4 is 39.0 Å². The molecular weight excluding hydrogens is 454 g/mol. The van der Waals surface area contributed by atoms with Crippen LogP contribution in [0.25, 0.3) is 21.5 Å². The van der Waals surface area contributed by atoms with Gasteiger partial charge in [0.05, 0.1) is 18.8 Å². The van der Waals surface area contributed by atoms with Crippen molar-refractivity contribution in [3.8, 4) is 5.75 Å². The largest absolute Gasteiger partial charge is 0.507 e. The van der Waals surface area contributed by atoms with Crippen LogP contribution in [0.5, 0.6) is 5.75 Å². The Morgan fingerprint density at radius 1 is 0.861 bits per heavy atom. The number of carbonyl (C=O) groups is 2. The molecule has 1 fully saturated rings. The van der Waals surface area contributed by atoms with Gasteiger partial charge in [-0.25, -0.2) is 0 Å². The van der Waals surface area contributed by atoms with E-state index in [0.29, 0.717) is 23.2 Å². The van der Waals surface area contributed by atoms with E-state index in [-0.39, 0.29) is 17.2 Å². The third kappa shape index (κ3) is 5.32. The van der Waals surface area contributed by atoms with Crippen LogP contribution in [-0.2, 0) is 4.74 Å². The van der Waals surface area contributed by atoms with E-state index in [1.807, 2.05) is 42.5 Å². The first-order chi connectivity index (χ1) is 17.6. The van der Waals surface area contributed by atoms with Gasteiger partial charge in [0, 0.05) is 36.3 Å². The van der Waals surface area contributed by atoms with Crippen LogP contribution in [-0.4, -0.2) is 61.2 Å². The van der Waals surface area contributed by atoms with Gasteiger partial charge in [0.2, 0.25) is 0 Å². The molecule has 184 valence electrons. The second-order valence-corrected chi connectivity index (χ2v) is 8.98. The summed E-state index contributed by atoms with van der Waals surface area (Å²) in [6.45, 7) is 4.91. The van der Waals surface area contributed by atoms with Crippen molar-refractivity contribution < 1.29 is 19.4 Å². The SMILES string of the molecule is O=C(NCCCN1CCOCC1)c1ccc2cc(O)c(C(=O)Nc3cccc4ccccc34)cc2c1. The molecule has 0 unspecified atom stereocenters. The first kappa shape index (κ1) is 23.8. The van der Waals surface area contributed by atoms with Gasteiger partial charge in [-0.3, -0.25) is 14.5 Å². The zero-order valence-corrected chi connectivity index (χ0v) is 20.0. The average Bonchev–Trinajstić information content (AvgIpc) is 2.91. The fourth-order valence-corrected chi connectivity index (χ4v) is 4.56. The first-order valence-corrected chi connectivity index (χ1v) is 12.2. The van der Waals surface area contributed by atoms with E-state index >= 15 is 0 Å². The number of anilines is 1. The number of hydrogen-bond donors (Lipinski definition) is 3. The molecular formula is C29H29N3O4. The fourth-order valence-electron chi connectivity index (χ4n) is 4.56. The Balaban J connectivity index is 1.28. The van der Waals surface area contributed by atoms with E-state index in [9.17, 15) is 14.7 Å². The molecule has 7 nitrogen and oxygen atoms in total. The van der Waals surface area contributed by atoms with Crippen LogP contribution in [0.1, 0.15) is 27.1 Å². The van der Waals surface area contributed by atoms with Crippen molar-refractivity contribution in [2.75, 3.05) is 44.7 Å². The summed E-state index contributed by atoms with van der Waals surface area (Å²) in [6.07, 6.45) is 0.867. The number of phenolic OH excluding ortho intramolecular Hbond substituents is 1. The highest BCUT2D eigenvalue weighted by molar-refractivity contribution is 6.12. The van der Waals surface area contributed by atoms with Crippen molar-refractivity contribution in [1.82, 2.24) is 10.2 Å². The summed E-state index contributed by atoms with van der Waals surface area (Å²) in [4.78, 5) is 28.1. The Morgan fingerprint density at radius 3 is 2.53 bits per heavy atom. The molecule has 0 radical (unpaired) electrons. The molecule has 4 aromatic carbocycles. The van der Waals surface area contributed by atoms with Gasteiger partial charge in [-0.1, -0.05) is 42.5 Å². The molecule has 36 heavy (non-hydrogen) atoms. The maximum Gasteiger partial charge on any atom is 0.259 e. The van der Waals surface area contributed by atoms with E-state index in [4.69, 9.17) is 4.74 Å². The Labute approximate surface area is 209 Å². The maximum absolute atomic E-state index is 13.1. The molecule has 5 rings (SSSR count). The number of fused-ring (bicyclic) bond motifs is 2. The number of morpholine rings is 1. The van der Waals surface area contributed by atoms with Gasteiger partial charge in [0.15, 0.2) is 0 Å². The predicted octanol–water partition coefficient (Wildman–Crippen LogP) is 4.40. The number of aromatic hydroxyl groups is 1. The van der Waals surface area contributed by atoms with Crippen molar-refractivity contribution in [3.05, 3.63) is 83.9 Å².